The van der Waals surface area contributed by atoms with E-state index in [0.717, 1.165) is 10.6 Å². The number of ketones is 1. The Kier molecular flexibility index (Phi) is 4.98. The normalized spacial score (nSPS) is 18.4. The number of nitrogens with zero attached hydrogens (tertiary/aromatic N) is 2. The third kappa shape index (κ3) is 3.34. The summed E-state index contributed by atoms with van der Waals surface area (Å²) in [6, 6.07) is 14.8. The molecule has 1 atom stereocenters. The maximum absolute atomic E-state index is 13.0. The van der Waals surface area contributed by atoms with Gasteiger partial charge in [-0.15, -0.1) is 11.3 Å². The van der Waals surface area contributed by atoms with Gasteiger partial charge in [0.05, 0.1) is 17.3 Å². The van der Waals surface area contributed by atoms with Crippen molar-refractivity contribution in [3.8, 4) is 0 Å². The molecule has 2 aromatic carbocycles. The Balaban J connectivity index is 1.95. The van der Waals surface area contributed by atoms with Crippen molar-refractivity contribution in [3.63, 3.8) is 0 Å². The maximum Gasteiger partial charge on any atom is 0.301 e. The quantitative estimate of drug-likeness (QED) is 0.363. The van der Waals surface area contributed by atoms with Crippen molar-refractivity contribution in [2.24, 2.45) is 0 Å². The zero-order valence-electron chi connectivity index (χ0n) is 15.7. The van der Waals surface area contributed by atoms with Crippen LogP contribution >= 0.6 is 22.9 Å². The maximum atomic E-state index is 13.0. The first-order valence-electron chi connectivity index (χ1n) is 8.94. The molecule has 5 nitrogen and oxygen atoms in total. The molecule has 1 aliphatic heterocycles. The first kappa shape index (κ1) is 19.4. The van der Waals surface area contributed by atoms with E-state index in [9.17, 15) is 14.7 Å². The average molecular weight is 425 g/mol. The zero-order valence-corrected chi connectivity index (χ0v) is 17.3. The van der Waals surface area contributed by atoms with Crippen molar-refractivity contribution in [1.82, 2.24) is 4.98 Å². The molecule has 3 aromatic rings. The molecule has 0 bridgehead atoms. The van der Waals surface area contributed by atoms with Gasteiger partial charge >= 0.3 is 5.91 Å². The summed E-state index contributed by atoms with van der Waals surface area (Å²) < 4.78 is 0. The number of carbonyl (C=O) groups is 2. The van der Waals surface area contributed by atoms with E-state index in [1.54, 1.807) is 48.5 Å². The zero-order chi connectivity index (χ0) is 20.7. The number of carbonyl (C=O) groups excluding carboxylic acids is 2. The molecule has 0 aliphatic carbocycles. The van der Waals surface area contributed by atoms with Crippen LogP contribution in [0.2, 0.25) is 5.02 Å². The molecule has 0 spiro atoms. The van der Waals surface area contributed by atoms with Gasteiger partial charge in [0.25, 0.3) is 5.78 Å². The summed E-state index contributed by atoms with van der Waals surface area (Å²) in [6.07, 6.45) is 0. The fourth-order valence-corrected chi connectivity index (χ4v) is 4.36. The van der Waals surface area contributed by atoms with E-state index >= 15 is 0 Å². The van der Waals surface area contributed by atoms with Crippen LogP contribution in [0.15, 0.2) is 60.2 Å². The van der Waals surface area contributed by atoms with Crippen LogP contribution in [0.4, 0.5) is 5.13 Å². The predicted molar refractivity (Wildman–Crippen MR) is 114 cm³/mol. The molecule has 7 heteroatoms. The van der Waals surface area contributed by atoms with Crippen LogP contribution < -0.4 is 4.90 Å². The highest BCUT2D eigenvalue weighted by atomic mass is 35.5. The number of hydrogen-bond acceptors (Lipinski definition) is 5. The van der Waals surface area contributed by atoms with Crippen molar-refractivity contribution < 1.29 is 14.7 Å². The van der Waals surface area contributed by atoms with E-state index in [4.69, 9.17) is 11.6 Å². The van der Waals surface area contributed by atoms with Gasteiger partial charge < -0.3 is 5.11 Å². The van der Waals surface area contributed by atoms with Gasteiger partial charge in [-0.25, -0.2) is 4.98 Å². The topological polar surface area (TPSA) is 70.5 Å². The van der Waals surface area contributed by atoms with E-state index in [1.807, 2.05) is 19.9 Å². The minimum atomic E-state index is -0.794. The van der Waals surface area contributed by atoms with Gasteiger partial charge in [-0.1, -0.05) is 54.1 Å². The van der Waals surface area contributed by atoms with Crippen LogP contribution in [0.1, 0.15) is 27.7 Å². The molecular weight excluding hydrogens is 408 g/mol. The number of benzene rings is 2. The Morgan fingerprint density at radius 2 is 1.72 bits per heavy atom. The molecule has 1 N–H and O–H groups in total. The van der Waals surface area contributed by atoms with Crippen LogP contribution in [0, 0.1) is 13.8 Å². The lowest BCUT2D eigenvalue weighted by Crippen LogP contribution is -2.29. The minimum absolute atomic E-state index is 0.0361. The molecule has 1 saturated heterocycles. The van der Waals surface area contributed by atoms with E-state index in [2.05, 4.69) is 4.98 Å². The van der Waals surface area contributed by atoms with E-state index in [1.165, 1.54) is 16.2 Å². The van der Waals surface area contributed by atoms with E-state index in [-0.39, 0.29) is 11.3 Å². The smallest absolute Gasteiger partial charge is 0.301 e. The number of thiazole rings is 1. The van der Waals surface area contributed by atoms with Gasteiger partial charge in [0.2, 0.25) is 0 Å². The van der Waals surface area contributed by atoms with E-state index in [0.29, 0.717) is 21.3 Å². The highest BCUT2D eigenvalue weighted by molar-refractivity contribution is 7.16. The summed E-state index contributed by atoms with van der Waals surface area (Å²) in [5, 5.41) is 11.9. The first-order valence-corrected chi connectivity index (χ1v) is 10.1. The molecule has 0 radical (unpaired) electrons. The van der Waals surface area contributed by atoms with Crippen molar-refractivity contribution in [3.05, 3.63) is 86.9 Å². The van der Waals surface area contributed by atoms with Crippen molar-refractivity contribution >= 4 is 45.5 Å². The lowest BCUT2D eigenvalue weighted by molar-refractivity contribution is -0.132. The van der Waals surface area contributed by atoms with Crippen LogP contribution in [0.3, 0.4) is 0 Å². The van der Waals surface area contributed by atoms with Crippen LogP contribution in [0.25, 0.3) is 5.76 Å². The first-order chi connectivity index (χ1) is 13.9. The standard InChI is InChI=1S/C22H17ClN2O3S/c1-12-13(2)29-22(24-12)25-18(14-8-10-16(23)11-9-14)17(20(27)21(25)28)19(26)15-6-4-3-5-7-15/h3-11,18,26H,1-2H3/t18-/m0/s1. The Morgan fingerprint density at radius 3 is 2.31 bits per heavy atom. The molecule has 1 aromatic heterocycles. The Hall–Kier alpha value is -2.96. The van der Waals surface area contributed by atoms with Gasteiger partial charge in [-0.3, -0.25) is 14.5 Å². The second-order valence-electron chi connectivity index (χ2n) is 6.72. The Labute approximate surface area is 176 Å². The van der Waals surface area contributed by atoms with Gasteiger partial charge in [-0.05, 0) is 31.5 Å². The molecule has 146 valence electrons. The van der Waals surface area contributed by atoms with Crippen molar-refractivity contribution in [2.75, 3.05) is 4.90 Å². The number of aryl methyl sites for hydroxylation is 2. The molecule has 0 unspecified atom stereocenters. The number of hydrogen-bond donors (Lipinski definition) is 1. The van der Waals surface area contributed by atoms with Crippen molar-refractivity contribution in [1.29, 1.82) is 0 Å². The highest BCUT2D eigenvalue weighted by Crippen LogP contribution is 2.43. The van der Waals surface area contributed by atoms with E-state index < -0.39 is 17.7 Å². The molecule has 0 saturated carbocycles. The Morgan fingerprint density at radius 1 is 1.07 bits per heavy atom. The molecule has 29 heavy (non-hydrogen) atoms. The lowest BCUT2D eigenvalue weighted by atomic mass is 9.95. The number of rotatable bonds is 3. The van der Waals surface area contributed by atoms with Gasteiger partial charge in [-0.2, -0.15) is 0 Å². The van der Waals surface area contributed by atoms with Crippen molar-refractivity contribution in [2.45, 2.75) is 19.9 Å². The molecule has 2 heterocycles. The molecule has 1 aliphatic rings. The summed E-state index contributed by atoms with van der Waals surface area (Å²) in [6.45, 7) is 3.77. The third-order valence-electron chi connectivity index (χ3n) is 4.90. The largest absolute Gasteiger partial charge is 0.507 e. The summed E-state index contributed by atoms with van der Waals surface area (Å²) in [4.78, 5) is 32.8. The highest BCUT2D eigenvalue weighted by Gasteiger charge is 2.48. The fraction of sp³-hybridized carbons (Fsp3) is 0.136. The summed E-state index contributed by atoms with van der Waals surface area (Å²) in [5.41, 5.74) is 1.96. The minimum Gasteiger partial charge on any atom is -0.507 e. The predicted octanol–water partition coefficient (Wildman–Crippen LogP) is 5.04. The lowest BCUT2D eigenvalue weighted by Gasteiger charge is -2.23. The number of aromatic nitrogens is 1. The number of Topliss-reactive ketones (excluding diaryl/α,β-unsaturated/α-hetero) is 1. The molecule has 1 amide bonds. The summed E-state index contributed by atoms with van der Waals surface area (Å²) >= 11 is 7.37. The number of aliphatic hydroxyl groups is 1. The molecule has 4 rings (SSSR count). The summed E-state index contributed by atoms with van der Waals surface area (Å²) in [5.74, 6) is -1.66. The molecular formula is C22H17ClN2O3S. The average Bonchev–Trinajstić information content (AvgIpc) is 3.18. The fourth-order valence-electron chi connectivity index (χ4n) is 3.30. The second-order valence-corrected chi connectivity index (χ2v) is 8.34. The van der Waals surface area contributed by atoms with Crippen LogP contribution in [-0.4, -0.2) is 21.8 Å². The molecule has 1 fully saturated rings. The van der Waals surface area contributed by atoms with Crippen LogP contribution in [0.5, 0.6) is 0 Å². The Bertz CT molecular complexity index is 1120. The SMILES string of the molecule is Cc1nc(N2C(=O)C(=O)C(=C(O)c3ccccc3)[C@@H]2c2ccc(Cl)cc2)sc1C. The second kappa shape index (κ2) is 7.46. The van der Waals surface area contributed by atoms with Gasteiger partial charge in [0.15, 0.2) is 5.13 Å². The van der Waals surface area contributed by atoms with Gasteiger partial charge in [0, 0.05) is 15.5 Å². The number of halogens is 1. The number of amides is 1. The van der Waals surface area contributed by atoms with Gasteiger partial charge in [0.1, 0.15) is 5.76 Å². The third-order valence-corrected chi connectivity index (χ3v) is 6.22. The monoisotopic (exact) mass is 424 g/mol. The number of anilines is 1. The summed E-state index contributed by atoms with van der Waals surface area (Å²) in [7, 11) is 0. The van der Waals surface area contributed by atoms with Crippen LogP contribution in [-0.2, 0) is 9.59 Å². The number of aliphatic hydroxyl groups excluding tert-OH is 1.